The number of rotatable bonds is 1. The zero-order valence-electron chi connectivity index (χ0n) is 5.50. The number of nitrogens with two attached hydrogens (primary N) is 1. The molecule has 6 nitrogen and oxygen atoms in total. The quantitative estimate of drug-likeness (QED) is 0.494. The average molecular weight is 154 g/mol. The molecular weight excluding hydrogens is 148 g/mol. The standard InChI is InChI=1S/C5H6N4O2/c6-5(11)9-4(10)3-7-1-2-8-3/h1-2H,(H,7,8)(H3,6,9,10,11). The van der Waals surface area contributed by atoms with Crippen LogP contribution in [0.4, 0.5) is 4.79 Å². The fourth-order valence-corrected chi connectivity index (χ4v) is 0.561. The molecule has 0 aliphatic carbocycles. The third-order valence-corrected chi connectivity index (χ3v) is 0.950. The lowest BCUT2D eigenvalue weighted by Gasteiger charge is -1.94. The lowest BCUT2D eigenvalue weighted by atomic mass is 10.6. The number of imidazole rings is 1. The number of amides is 3. The molecule has 58 valence electrons. The van der Waals surface area contributed by atoms with Gasteiger partial charge in [0.15, 0.2) is 5.82 Å². The highest BCUT2D eigenvalue weighted by molar-refractivity contribution is 6.01. The van der Waals surface area contributed by atoms with Gasteiger partial charge < -0.3 is 10.7 Å². The van der Waals surface area contributed by atoms with Gasteiger partial charge in [0.2, 0.25) is 0 Å². The summed E-state index contributed by atoms with van der Waals surface area (Å²) in [7, 11) is 0. The summed E-state index contributed by atoms with van der Waals surface area (Å²) in [4.78, 5) is 27.1. The molecule has 1 rings (SSSR count). The molecule has 0 fully saturated rings. The molecule has 0 bridgehead atoms. The van der Waals surface area contributed by atoms with Gasteiger partial charge in [0, 0.05) is 12.4 Å². The lowest BCUT2D eigenvalue weighted by molar-refractivity contribution is 0.0957. The van der Waals surface area contributed by atoms with Crippen molar-refractivity contribution in [2.75, 3.05) is 0 Å². The SMILES string of the molecule is NC(=O)NC(=O)c1ncc[nH]1. The number of nitrogens with one attached hydrogen (secondary N) is 2. The molecule has 1 aromatic heterocycles. The molecule has 0 spiro atoms. The van der Waals surface area contributed by atoms with Crippen molar-refractivity contribution in [3.63, 3.8) is 0 Å². The van der Waals surface area contributed by atoms with E-state index in [2.05, 4.69) is 15.7 Å². The van der Waals surface area contributed by atoms with E-state index >= 15 is 0 Å². The summed E-state index contributed by atoms with van der Waals surface area (Å²) in [5.74, 6) is -0.577. The van der Waals surface area contributed by atoms with E-state index in [1.165, 1.54) is 12.4 Å². The summed E-state index contributed by atoms with van der Waals surface area (Å²) in [5.41, 5.74) is 4.69. The Hall–Kier alpha value is -1.85. The predicted octanol–water partition coefficient (Wildman–Crippen LogP) is -0.782. The minimum atomic E-state index is -0.897. The second kappa shape index (κ2) is 2.82. The van der Waals surface area contributed by atoms with Crippen LogP contribution >= 0.6 is 0 Å². The maximum absolute atomic E-state index is 10.8. The van der Waals surface area contributed by atoms with Crippen LogP contribution in [0.15, 0.2) is 12.4 Å². The summed E-state index contributed by atoms with van der Waals surface area (Å²) < 4.78 is 0. The highest BCUT2D eigenvalue weighted by Crippen LogP contribution is 1.86. The molecule has 4 N–H and O–H groups in total. The number of aromatic nitrogens is 2. The van der Waals surface area contributed by atoms with E-state index < -0.39 is 11.9 Å². The Morgan fingerprint density at radius 1 is 1.64 bits per heavy atom. The van der Waals surface area contributed by atoms with E-state index in [1.54, 1.807) is 0 Å². The maximum Gasteiger partial charge on any atom is 0.319 e. The van der Waals surface area contributed by atoms with Crippen molar-refractivity contribution >= 4 is 11.9 Å². The Morgan fingerprint density at radius 3 is 2.82 bits per heavy atom. The van der Waals surface area contributed by atoms with E-state index in [-0.39, 0.29) is 5.82 Å². The summed E-state index contributed by atoms with van der Waals surface area (Å²) in [6, 6.07) is -0.897. The van der Waals surface area contributed by atoms with E-state index in [0.29, 0.717) is 0 Å². The molecule has 11 heavy (non-hydrogen) atoms. The highest BCUT2D eigenvalue weighted by Gasteiger charge is 2.08. The van der Waals surface area contributed by atoms with Crippen LogP contribution in [0, 0.1) is 0 Å². The van der Waals surface area contributed by atoms with Gasteiger partial charge in [0.25, 0.3) is 5.91 Å². The van der Waals surface area contributed by atoms with Crippen molar-refractivity contribution in [3.8, 4) is 0 Å². The smallest absolute Gasteiger partial charge is 0.319 e. The Bertz CT molecular complexity index is 266. The first-order valence-electron chi connectivity index (χ1n) is 2.80. The largest absolute Gasteiger partial charge is 0.351 e. The zero-order chi connectivity index (χ0) is 8.27. The van der Waals surface area contributed by atoms with Crippen molar-refractivity contribution in [2.45, 2.75) is 0 Å². The molecule has 3 amide bonds. The first kappa shape index (κ1) is 7.26. The Kier molecular flexibility index (Phi) is 1.86. The van der Waals surface area contributed by atoms with Crippen molar-refractivity contribution in [1.82, 2.24) is 15.3 Å². The molecule has 0 saturated carbocycles. The molecule has 0 unspecified atom stereocenters. The zero-order valence-corrected chi connectivity index (χ0v) is 5.50. The van der Waals surface area contributed by atoms with Gasteiger partial charge in [0.05, 0.1) is 0 Å². The molecule has 0 radical (unpaired) electrons. The summed E-state index contributed by atoms with van der Waals surface area (Å²) in [5, 5.41) is 1.85. The predicted molar refractivity (Wildman–Crippen MR) is 35.6 cm³/mol. The molecular formula is C5H6N4O2. The molecule has 1 heterocycles. The van der Waals surface area contributed by atoms with Gasteiger partial charge >= 0.3 is 6.03 Å². The second-order valence-corrected chi connectivity index (χ2v) is 1.76. The molecule has 0 atom stereocenters. The fraction of sp³-hybridized carbons (Fsp3) is 0. The van der Waals surface area contributed by atoms with Crippen LogP contribution in [0.25, 0.3) is 0 Å². The average Bonchev–Trinajstić information content (AvgIpc) is 2.35. The number of imide groups is 1. The number of aromatic amines is 1. The maximum atomic E-state index is 10.8. The molecule has 0 saturated heterocycles. The van der Waals surface area contributed by atoms with Gasteiger partial charge in [-0.3, -0.25) is 10.1 Å². The molecule has 0 aliphatic rings. The lowest BCUT2D eigenvalue weighted by Crippen LogP contribution is -2.35. The highest BCUT2D eigenvalue weighted by atomic mass is 16.2. The second-order valence-electron chi connectivity index (χ2n) is 1.76. The van der Waals surface area contributed by atoms with Crippen LogP contribution in [0.1, 0.15) is 10.6 Å². The van der Waals surface area contributed by atoms with Gasteiger partial charge in [-0.15, -0.1) is 0 Å². The van der Waals surface area contributed by atoms with Crippen molar-refractivity contribution in [3.05, 3.63) is 18.2 Å². The van der Waals surface area contributed by atoms with Crippen molar-refractivity contribution in [2.24, 2.45) is 5.73 Å². The third kappa shape index (κ3) is 1.78. The first-order chi connectivity index (χ1) is 5.20. The number of carbonyl (C=O) groups is 2. The molecule has 0 aliphatic heterocycles. The minimum absolute atomic E-state index is 0.0591. The molecule has 1 aromatic rings. The normalized spacial score (nSPS) is 9.09. The Morgan fingerprint density at radius 2 is 2.36 bits per heavy atom. The number of primary amides is 1. The summed E-state index contributed by atoms with van der Waals surface area (Å²) in [6.07, 6.45) is 2.87. The first-order valence-corrected chi connectivity index (χ1v) is 2.80. The third-order valence-electron chi connectivity index (χ3n) is 0.950. The monoisotopic (exact) mass is 154 g/mol. The van der Waals surface area contributed by atoms with E-state index in [1.807, 2.05) is 5.32 Å². The number of carbonyl (C=O) groups excluding carboxylic acids is 2. The summed E-state index contributed by atoms with van der Waals surface area (Å²) in [6.45, 7) is 0. The molecule has 6 heteroatoms. The number of hydrogen-bond donors (Lipinski definition) is 3. The Labute approximate surface area is 61.8 Å². The Balaban J connectivity index is 2.64. The van der Waals surface area contributed by atoms with E-state index in [4.69, 9.17) is 0 Å². The summed E-state index contributed by atoms with van der Waals surface area (Å²) >= 11 is 0. The fourth-order valence-electron chi connectivity index (χ4n) is 0.561. The van der Waals surface area contributed by atoms with Gasteiger partial charge in [-0.1, -0.05) is 0 Å². The van der Waals surface area contributed by atoms with Crippen LogP contribution in [0.2, 0.25) is 0 Å². The van der Waals surface area contributed by atoms with Crippen LogP contribution in [0.3, 0.4) is 0 Å². The van der Waals surface area contributed by atoms with Crippen LogP contribution in [-0.2, 0) is 0 Å². The minimum Gasteiger partial charge on any atom is -0.351 e. The molecule has 0 aromatic carbocycles. The van der Waals surface area contributed by atoms with Gasteiger partial charge in [-0.05, 0) is 0 Å². The number of H-pyrrole nitrogens is 1. The van der Waals surface area contributed by atoms with Gasteiger partial charge in [0.1, 0.15) is 0 Å². The van der Waals surface area contributed by atoms with Crippen molar-refractivity contribution in [1.29, 1.82) is 0 Å². The van der Waals surface area contributed by atoms with Crippen LogP contribution in [0.5, 0.6) is 0 Å². The topological polar surface area (TPSA) is 101 Å². The van der Waals surface area contributed by atoms with E-state index in [9.17, 15) is 9.59 Å². The van der Waals surface area contributed by atoms with E-state index in [0.717, 1.165) is 0 Å². The van der Waals surface area contributed by atoms with Crippen LogP contribution in [-0.4, -0.2) is 21.9 Å². The number of nitrogens with zero attached hydrogens (tertiary/aromatic N) is 1. The van der Waals surface area contributed by atoms with Gasteiger partial charge in [-0.2, -0.15) is 0 Å². The van der Waals surface area contributed by atoms with Gasteiger partial charge in [-0.25, -0.2) is 9.78 Å². The van der Waals surface area contributed by atoms with Crippen molar-refractivity contribution < 1.29 is 9.59 Å². The number of urea groups is 1. The number of hydrogen-bond acceptors (Lipinski definition) is 3. The van der Waals surface area contributed by atoms with Crippen LogP contribution < -0.4 is 11.1 Å².